The van der Waals surface area contributed by atoms with E-state index in [1.165, 1.54) is 17.8 Å². The Balaban J connectivity index is 1.49. The van der Waals surface area contributed by atoms with Crippen LogP contribution in [0, 0.1) is 6.92 Å². The molecule has 3 aromatic heterocycles. The Labute approximate surface area is 159 Å². The van der Waals surface area contributed by atoms with E-state index in [1.54, 1.807) is 32.2 Å². The van der Waals surface area contributed by atoms with Crippen LogP contribution in [0.1, 0.15) is 18.5 Å². The maximum atomic E-state index is 12.2. The summed E-state index contributed by atoms with van der Waals surface area (Å²) in [5.41, 5.74) is 0.993. The Morgan fingerprint density at radius 3 is 2.96 bits per heavy atom. The van der Waals surface area contributed by atoms with Crippen LogP contribution in [0.15, 0.2) is 44.9 Å². The third kappa shape index (κ3) is 5.23. The molecule has 2 N–H and O–H groups in total. The lowest BCUT2D eigenvalue weighted by atomic mass is 10.3. The number of carbonyl (C=O) groups excluding carboxylic acids is 1. The minimum atomic E-state index is -0.415. The van der Waals surface area contributed by atoms with Crippen molar-refractivity contribution in [2.75, 3.05) is 6.54 Å². The molecule has 3 aromatic rings. The van der Waals surface area contributed by atoms with Crippen LogP contribution in [-0.2, 0) is 11.2 Å². The lowest BCUT2D eigenvalue weighted by Gasteiger charge is -2.10. The van der Waals surface area contributed by atoms with E-state index in [1.807, 2.05) is 6.07 Å². The van der Waals surface area contributed by atoms with Crippen LogP contribution in [0.2, 0.25) is 0 Å². The zero-order valence-corrected chi connectivity index (χ0v) is 15.6. The fourth-order valence-corrected chi connectivity index (χ4v) is 3.10. The lowest BCUT2D eigenvalue weighted by molar-refractivity contribution is -0.120. The van der Waals surface area contributed by atoms with Gasteiger partial charge >= 0.3 is 0 Å². The fourth-order valence-electron chi connectivity index (χ4n) is 2.22. The quantitative estimate of drug-likeness (QED) is 0.460. The summed E-state index contributed by atoms with van der Waals surface area (Å²) < 4.78 is 5.18. The van der Waals surface area contributed by atoms with Gasteiger partial charge in [0.2, 0.25) is 17.6 Å². The molecule has 0 aliphatic heterocycles. The maximum absolute atomic E-state index is 12.2. The molecule has 3 rings (SSSR count). The van der Waals surface area contributed by atoms with Gasteiger partial charge in [0.05, 0.1) is 5.25 Å². The van der Waals surface area contributed by atoms with Crippen molar-refractivity contribution in [1.29, 1.82) is 0 Å². The van der Waals surface area contributed by atoms with Crippen LogP contribution in [-0.4, -0.2) is 42.8 Å². The molecule has 0 aliphatic carbocycles. The Hall–Kier alpha value is -3.01. The first-order valence-corrected chi connectivity index (χ1v) is 9.15. The van der Waals surface area contributed by atoms with Gasteiger partial charge in [0, 0.05) is 30.9 Å². The van der Waals surface area contributed by atoms with Gasteiger partial charge in [0.15, 0.2) is 5.16 Å². The summed E-state index contributed by atoms with van der Waals surface area (Å²) in [6.07, 6.45) is 2.06. The van der Waals surface area contributed by atoms with E-state index in [0.29, 0.717) is 41.2 Å². The van der Waals surface area contributed by atoms with Crippen molar-refractivity contribution in [3.63, 3.8) is 0 Å². The number of aromatic amines is 1. The zero-order chi connectivity index (χ0) is 19.2. The predicted molar refractivity (Wildman–Crippen MR) is 99.2 cm³/mol. The molecule has 0 aliphatic rings. The molecule has 0 radical (unpaired) electrons. The van der Waals surface area contributed by atoms with Crippen molar-refractivity contribution in [1.82, 2.24) is 30.4 Å². The number of rotatable bonds is 7. The van der Waals surface area contributed by atoms with Gasteiger partial charge in [-0.15, -0.1) is 0 Å². The van der Waals surface area contributed by atoms with E-state index in [2.05, 4.69) is 30.4 Å². The molecule has 1 unspecified atom stereocenters. The van der Waals surface area contributed by atoms with Crippen molar-refractivity contribution in [2.45, 2.75) is 30.7 Å². The molecule has 0 saturated heterocycles. The van der Waals surface area contributed by atoms with Gasteiger partial charge in [-0.3, -0.25) is 14.6 Å². The van der Waals surface area contributed by atoms with Gasteiger partial charge in [-0.1, -0.05) is 23.0 Å². The highest BCUT2D eigenvalue weighted by Crippen LogP contribution is 2.18. The summed E-state index contributed by atoms with van der Waals surface area (Å²) >= 11 is 1.19. The van der Waals surface area contributed by atoms with Crippen molar-refractivity contribution < 1.29 is 9.32 Å². The summed E-state index contributed by atoms with van der Waals surface area (Å²) in [6, 6.07) is 6.84. The second-order valence-corrected chi connectivity index (χ2v) is 7.05. The Morgan fingerprint density at radius 2 is 2.22 bits per heavy atom. The first kappa shape index (κ1) is 18.8. The highest BCUT2D eigenvalue weighted by Gasteiger charge is 2.16. The SMILES string of the molecule is Cc1cc(=O)[nH]c(SC(C)C(=O)NCCc2nc(-c3ccccn3)no2)n1. The number of aromatic nitrogens is 5. The minimum absolute atomic E-state index is 0.173. The molecule has 0 aromatic carbocycles. The molecule has 0 bridgehead atoms. The number of amides is 1. The molecule has 0 saturated carbocycles. The van der Waals surface area contributed by atoms with Gasteiger partial charge in [0.25, 0.3) is 5.56 Å². The number of nitrogens with zero attached hydrogens (tertiary/aromatic N) is 4. The summed E-state index contributed by atoms with van der Waals surface area (Å²) in [5, 5.41) is 6.69. The predicted octanol–water partition coefficient (Wildman–Crippen LogP) is 1.36. The van der Waals surface area contributed by atoms with E-state index in [9.17, 15) is 9.59 Å². The van der Waals surface area contributed by atoms with Crippen molar-refractivity contribution >= 4 is 17.7 Å². The van der Waals surface area contributed by atoms with Crippen LogP contribution in [0.3, 0.4) is 0 Å². The van der Waals surface area contributed by atoms with Crippen LogP contribution >= 0.6 is 11.8 Å². The Bertz CT molecular complexity index is 972. The number of H-pyrrole nitrogens is 1. The number of nitrogens with one attached hydrogen (secondary N) is 2. The molecule has 1 atom stereocenters. The second kappa shape index (κ2) is 8.58. The smallest absolute Gasteiger partial charge is 0.251 e. The van der Waals surface area contributed by atoms with Crippen LogP contribution in [0.25, 0.3) is 11.5 Å². The molecule has 10 heteroatoms. The zero-order valence-electron chi connectivity index (χ0n) is 14.8. The summed E-state index contributed by atoms with van der Waals surface area (Å²) in [4.78, 5) is 38.9. The average Bonchev–Trinajstić information content (AvgIpc) is 3.10. The molecule has 27 heavy (non-hydrogen) atoms. The Morgan fingerprint density at radius 1 is 1.37 bits per heavy atom. The third-order valence-electron chi connectivity index (χ3n) is 3.51. The van der Waals surface area contributed by atoms with E-state index in [-0.39, 0.29) is 11.5 Å². The summed E-state index contributed by atoms with van der Waals surface area (Å²) in [7, 11) is 0. The van der Waals surface area contributed by atoms with Gasteiger partial charge < -0.3 is 14.8 Å². The van der Waals surface area contributed by atoms with Gasteiger partial charge in [-0.05, 0) is 26.0 Å². The molecular formula is C17H18N6O3S. The molecular weight excluding hydrogens is 368 g/mol. The van der Waals surface area contributed by atoms with Gasteiger partial charge in [-0.2, -0.15) is 4.98 Å². The first-order valence-electron chi connectivity index (χ1n) is 8.27. The van der Waals surface area contributed by atoms with Gasteiger partial charge in [-0.25, -0.2) is 4.98 Å². The molecule has 9 nitrogen and oxygen atoms in total. The lowest BCUT2D eigenvalue weighted by Crippen LogP contribution is -2.32. The van der Waals surface area contributed by atoms with Crippen molar-refractivity contribution in [3.05, 3.63) is 52.4 Å². The van der Waals surface area contributed by atoms with Crippen molar-refractivity contribution in [2.24, 2.45) is 0 Å². The number of hydrogen-bond donors (Lipinski definition) is 2. The van der Waals surface area contributed by atoms with Crippen LogP contribution in [0.5, 0.6) is 0 Å². The van der Waals surface area contributed by atoms with E-state index in [0.717, 1.165) is 0 Å². The van der Waals surface area contributed by atoms with E-state index >= 15 is 0 Å². The highest BCUT2D eigenvalue weighted by atomic mass is 32.2. The number of pyridine rings is 1. The average molecular weight is 386 g/mol. The van der Waals surface area contributed by atoms with E-state index in [4.69, 9.17) is 4.52 Å². The van der Waals surface area contributed by atoms with Gasteiger partial charge in [0.1, 0.15) is 5.69 Å². The molecule has 3 heterocycles. The standard InChI is InChI=1S/C17H18N6O3S/c1-10-9-13(24)21-17(20-10)27-11(2)16(25)19-8-6-14-22-15(23-26-14)12-5-3-4-7-18-12/h3-5,7,9,11H,6,8H2,1-2H3,(H,19,25)(H,20,21,24). The largest absolute Gasteiger partial charge is 0.355 e. The maximum Gasteiger partial charge on any atom is 0.251 e. The topological polar surface area (TPSA) is 127 Å². The number of carbonyl (C=O) groups is 1. The number of thioether (sulfide) groups is 1. The Kier molecular flexibility index (Phi) is 5.97. The summed E-state index contributed by atoms with van der Waals surface area (Å²) in [6.45, 7) is 3.83. The molecule has 140 valence electrons. The number of hydrogen-bond acceptors (Lipinski definition) is 8. The molecule has 1 amide bonds. The normalized spacial score (nSPS) is 11.9. The molecule has 0 fully saturated rings. The highest BCUT2D eigenvalue weighted by molar-refractivity contribution is 8.00. The van der Waals surface area contributed by atoms with Crippen LogP contribution in [0.4, 0.5) is 0 Å². The number of aryl methyl sites for hydroxylation is 1. The van der Waals surface area contributed by atoms with Crippen LogP contribution < -0.4 is 10.9 Å². The molecule has 0 spiro atoms. The fraction of sp³-hybridized carbons (Fsp3) is 0.294. The van der Waals surface area contributed by atoms with Crippen molar-refractivity contribution in [3.8, 4) is 11.5 Å². The second-order valence-electron chi connectivity index (χ2n) is 5.72. The monoisotopic (exact) mass is 386 g/mol. The first-order chi connectivity index (χ1) is 13.0. The summed E-state index contributed by atoms with van der Waals surface area (Å²) in [5.74, 6) is 0.657. The van der Waals surface area contributed by atoms with E-state index < -0.39 is 5.25 Å². The third-order valence-corrected chi connectivity index (χ3v) is 4.49. The minimum Gasteiger partial charge on any atom is -0.355 e.